The molecule has 0 spiro atoms. The predicted molar refractivity (Wildman–Crippen MR) is 107 cm³/mol. The molecule has 0 radical (unpaired) electrons. The summed E-state index contributed by atoms with van der Waals surface area (Å²) in [6.45, 7) is 5.99. The summed E-state index contributed by atoms with van der Waals surface area (Å²) in [7, 11) is 0. The van der Waals surface area contributed by atoms with Crippen LogP contribution in [0.15, 0.2) is 35.7 Å². The molecule has 1 saturated heterocycles. The lowest BCUT2D eigenvalue weighted by Crippen LogP contribution is -2.45. The number of hydrogen-bond donors (Lipinski definition) is 2. The topological polar surface area (TPSA) is 77.6 Å². The number of nitrogens with zero attached hydrogens (tertiary/aromatic N) is 3. The molecule has 2 N–H and O–H groups in total. The van der Waals surface area contributed by atoms with Gasteiger partial charge in [-0.1, -0.05) is 30.3 Å². The highest BCUT2D eigenvalue weighted by atomic mass is 32.1. The Hall–Kier alpha value is -2.45. The van der Waals surface area contributed by atoms with Crippen LogP contribution >= 0.6 is 11.3 Å². The Morgan fingerprint density at radius 3 is 2.70 bits per heavy atom. The number of urea groups is 1. The first-order chi connectivity index (χ1) is 13.1. The van der Waals surface area contributed by atoms with E-state index in [2.05, 4.69) is 30.8 Å². The van der Waals surface area contributed by atoms with Crippen molar-refractivity contribution in [1.82, 2.24) is 20.5 Å². The molecule has 2 aromatic rings. The van der Waals surface area contributed by atoms with Gasteiger partial charge in [-0.3, -0.25) is 15.0 Å². The highest BCUT2D eigenvalue weighted by molar-refractivity contribution is 7.13. The zero-order valence-electron chi connectivity index (χ0n) is 15.5. The zero-order valence-corrected chi connectivity index (χ0v) is 16.3. The molecule has 1 aliphatic rings. The average molecular weight is 388 g/mol. The first kappa shape index (κ1) is 19.3. The Labute approximate surface area is 163 Å². The molecule has 1 aliphatic heterocycles. The fourth-order valence-corrected chi connectivity index (χ4v) is 3.86. The number of aromatic nitrogens is 1. The number of anilines is 1. The van der Waals surface area contributed by atoms with E-state index in [0.29, 0.717) is 6.54 Å². The molecule has 0 bridgehead atoms. The van der Waals surface area contributed by atoms with E-state index in [9.17, 15) is 9.59 Å². The maximum atomic E-state index is 12.2. The molecule has 1 aromatic carbocycles. The summed E-state index contributed by atoms with van der Waals surface area (Å²) in [6.07, 6.45) is 0.964. The third-order valence-corrected chi connectivity index (χ3v) is 5.40. The van der Waals surface area contributed by atoms with Gasteiger partial charge in [-0.15, -0.1) is 11.3 Å². The largest absolute Gasteiger partial charge is 0.347 e. The summed E-state index contributed by atoms with van der Waals surface area (Å²) >= 11 is 1.66. The summed E-state index contributed by atoms with van der Waals surface area (Å²) in [6, 6.07) is 9.14. The van der Waals surface area contributed by atoms with Crippen LogP contribution in [-0.2, 0) is 11.3 Å². The number of thiazole rings is 1. The second kappa shape index (κ2) is 9.48. The molecule has 0 saturated carbocycles. The van der Waals surface area contributed by atoms with Crippen LogP contribution in [0, 0.1) is 6.92 Å². The van der Waals surface area contributed by atoms with Crippen LogP contribution in [-0.4, -0.2) is 54.5 Å². The standard InChI is InChI=1S/C19H25N5O2S/c1-15-14-27-19(21-15)24-9-5-8-23(10-11-24)13-17(25)22-18(26)20-12-16-6-3-2-4-7-16/h2-4,6-7,14H,5,8-13H2,1H3,(H2,20,22,25,26). The van der Waals surface area contributed by atoms with E-state index in [0.717, 1.165) is 49.0 Å². The predicted octanol–water partition coefficient (Wildman–Crippen LogP) is 1.99. The minimum absolute atomic E-state index is 0.226. The SMILES string of the molecule is Cc1csc(N2CCCN(CC(=O)NC(=O)NCc3ccccc3)CC2)n1. The molecule has 27 heavy (non-hydrogen) atoms. The maximum Gasteiger partial charge on any atom is 0.321 e. The Kier molecular flexibility index (Phi) is 6.78. The first-order valence-corrected chi connectivity index (χ1v) is 9.99. The number of rotatable bonds is 5. The molecule has 144 valence electrons. The van der Waals surface area contributed by atoms with Crippen molar-refractivity contribution in [1.29, 1.82) is 0 Å². The Morgan fingerprint density at radius 1 is 1.15 bits per heavy atom. The number of amides is 3. The number of nitrogens with one attached hydrogen (secondary N) is 2. The van der Waals surface area contributed by atoms with Crippen LogP contribution in [0.2, 0.25) is 0 Å². The number of imide groups is 1. The molecule has 7 nitrogen and oxygen atoms in total. The molecule has 3 amide bonds. The molecule has 1 fully saturated rings. The van der Waals surface area contributed by atoms with E-state index in [4.69, 9.17) is 0 Å². The molecule has 1 aromatic heterocycles. The lowest BCUT2D eigenvalue weighted by molar-refractivity contribution is -0.121. The van der Waals surface area contributed by atoms with Crippen molar-refractivity contribution in [2.24, 2.45) is 0 Å². The van der Waals surface area contributed by atoms with E-state index >= 15 is 0 Å². The van der Waals surface area contributed by atoms with Crippen LogP contribution in [0.25, 0.3) is 0 Å². The molecule has 0 atom stereocenters. The van der Waals surface area contributed by atoms with E-state index in [1.807, 2.05) is 37.3 Å². The van der Waals surface area contributed by atoms with Crippen molar-refractivity contribution in [2.45, 2.75) is 19.9 Å². The number of hydrogen-bond acceptors (Lipinski definition) is 6. The van der Waals surface area contributed by atoms with Crippen LogP contribution < -0.4 is 15.5 Å². The zero-order chi connectivity index (χ0) is 19.1. The highest BCUT2D eigenvalue weighted by Gasteiger charge is 2.19. The van der Waals surface area contributed by atoms with Crippen molar-refractivity contribution in [3.63, 3.8) is 0 Å². The fraction of sp³-hybridized carbons (Fsp3) is 0.421. The number of aryl methyl sites for hydroxylation is 1. The van der Waals surface area contributed by atoms with Gasteiger partial charge < -0.3 is 10.2 Å². The molecule has 0 unspecified atom stereocenters. The van der Waals surface area contributed by atoms with Crippen LogP contribution in [0.4, 0.5) is 9.93 Å². The molecular formula is C19H25N5O2S. The molecule has 8 heteroatoms. The molecular weight excluding hydrogens is 362 g/mol. The molecule has 3 rings (SSSR count). The van der Waals surface area contributed by atoms with Gasteiger partial charge in [0.2, 0.25) is 5.91 Å². The summed E-state index contributed by atoms with van der Waals surface area (Å²) in [5.41, 5.74) is 2.03. The summed E-state index contributed by atoms with van der Waals surface area (Å²) in [4.78, 5) is 33.0. The van der Waals surface area contributed by atoms with Gasteiger partial charge in [0, 0.05) is 38.1 Å². The van der Waals surface area contributed by atoms with Crippen LogP contribution in [0.1, 0.15) is 17.7 Å². The lowest BCUT2D eigenvalue weighted by Gasteiger charge is -2.21. The smallest absolute Gasteiger partial charge is 0.321 e. The van der Waals surface area contributed by atoms with Crippen molar-refractivity contribution in [3.8, 4) is 0 Å². The van der Waals surface area contributed by atoms with Gasteiger partial charge in [0.05, 0.1) is 12.2 Å². The van der Waals surface area contributed by atoms with E-state index in [-0.39, 0.29) is 12.5 Å². The van der Waals surface area contributed by atoms with E-state index in [1.54, 1.807) is 11.3 Å². The van der Waals surface area contributed by atoms with Crippen LogP contribution in [0.5, 0.6) is 0 Å². The molecule has 2 heterocycles. The average Bonchev–Trinajstić information content (AvgIpc) is 2.96. The van der Waals surface area contributed by atoms with Gasteiger partial charge in [-0.2, -0.15) is 0 Å². The highest BCUT2D eigenvalue weighted by Crippen LogP contribution is 2.21. The van der Waals surface area contributed by atoms with Crippen molar-refractivity contribution in [3.05, 3.63) is 47.0 Å². The van der Waals surface area contributed by atoms with Gasteiger partial charge in [-0.25, -0.2) is 9.78 Å². The number of benzene rings is 1. The minimum Gasteiger partial charge on any atom is -0.347 e. The number of carbonyl (C=O) groups excluding carboxylic acids is 2. The Balaban J connectivity index is 1.40. The van der Waals surface area contributed by atoms with Crippen molar-refractivity contribution < 1.29 is 9.59 Å². The van der Waals surface area contributed by atoms with Crippen molar-refractivity contribution >= 4 is 28.4 Å². The van der Waals surface area contributed by atoms with Gasteiger partial charge in [0.1, 0.15) is 0 Å². The second-order valence-corrected chi connectivity index (χ2v) is 7.44. The Morgan fingerprint density at radius 2 is 1.96 bits per heavy atom. The van der Waals surface area contributed by atoms with Gasteiger partial charge >= 0.3 is 6.03 Å². The third kappa shape index (κ3) is 6.04. The fourth-order valence-electron chi connectivity index (χ4n) is 3.00. The van der Waals surface area contributed by atoms with E-state index < -0.39 is 6.03 Å². The summed E-state index contributed by atoms with van der Waals surface area (Å²) < 4.78 is 0. The van der Waals surface area contributed by atoms with Gasteiger partial charge in [-0.05, 0) is 18.9 Å². The monoisotopic (exact) mass is 387 g/mol. The number of carbonyl (C=O) groups is 2. The van der Waals surface area contributed by atoms with Crippen LogP contribution in [0.3, 0.4) is 0 Å². The van der Waals surface area contributed by atoms with Crippen molar-refractivity contribution in [2.75, 3.05) is 37.6 Å². The summed E-state index contributed by atoms with van der Waals surface area (Å²) in [5, 5.41) is 8.21. The molecule has 0 aliphatic carbocycles. The minimum atomic E-state index is -0.460. The lowest BCUT2D eigenvalue weighted by atomic mass is 10.2. The summed E-state index contributed by atoms with van der Waals surface area (Å²) in [5.74, 6) is -0.279. The maximum absolute atomic E-state index is 12.2. The Bertz CT molecular complexity index is 764. The first-order valence-electron chi connectivity index (χ1n) is 9.11. The quantitative estimate of drug-likeness (QED) is 0.820. The van der Waals surface area contributed by atoms with E-state index in [1.165, 1.54) is 0 Å². The van der Waals surface area contributed by atoms with Gasteiger partial charge in [0.25, 0.3) is 0 Å². The third-order valence-electron chi connectivity index (χ3n) is 4.38. The normalized spacial score (nSPS) is 15.2. The second-order valence-electron chi connectivity index (χ2n) is 6.60. The van der Waals surface area contributed by atoms with Gasteiger partial charge in [0.15, 0.2) is 5.13 Å².